The molecule has 0 atom stereocenters. The van der Waals surface area contributed by atoms with Gasteiger partial charge in [-0.15, -0.1) is 0 Å². The number of ether oxygens (including phenoxy) is 2. The molecule has 0 radical (unpaired) electrons. The van der Waals surface area contributed by atoms with Crippen LogP contribution in [0.15, 0.2) is 24.3 Å². The van der Waals surface area contributed by atoms with Gasteiger partial charge in [0, 0.05) is 25.2 Å². The fourth-order valence-corrected chi connectivity index (χ4v) is 1.64. The minimum Gasteiger partial charge on any atom is -0.491 e. The SMILES string of the molecule is CCOCCCC(=O)c1cccc(OC(C)C)c1. The van der Waals surface area contributed by atoms with Gasteiger partial charge < -0.3 is 9.47 Å². The Balaban J connectivity index is 2.51. The summed E-state index contributed by atoms with van der Waals surface area (Å²) < 4.78 is 10.8. The molecular weight excluding hydrogens is 228 g/mol. The summed E-state index contributed by atoms with van der Waals surface area (Å²) in [6.07, 6.45) is 1.40. The molecule has 0 heterocycles. The minimum absolute atomic E-state index is 0.119. The second-order valence-electron chi connectivity index (χ2n) is 4.42. The maximum absolute atomic E-state index is 11.9. The van der Waals surface area contributed by atoms with Gasteiger partial charge in [0.15, 0.2) is 5.78 Å². The summed E-state index contributed by atoms with van der Waals surface area (Å²) in [5, 5.41) is 0. The van der Waals surface area contributed by atoms with Crippen molar-refractivity contribution in [3.8, 4) is 5.75 Å². The van der Waals surface area contributed by atoms with Crippen molar-refractivity contribution in [1.82, 2.24) is 0 Å². The topological polar surface area (TPSA) is 35.5 Å². The van der Waals surface area contributed by atoms with Crippen molar-refractivity contribution in [3.63, 3.8) is 0 Å². The first-order valence-electron chi connectivity index (χ1n) is 6.51. The second-order valence-corrected chi connectivity index (χ2v) is 4.42. The summed E-state index contributed by atoms with van der Waals surface area (Å²) in [5.74, 6) is 0.893. The van der Waals surface area contributed by atoms with Gasteiger partial charge in [0.25, 0.3) is 0 Å². The number of benzene rings is 1. The largest absolute Gasteiger partial charge is 0.491 e. The average Bonchev–Trinajstić information content (AvgIpc) is 2.34. The molecule has 0 amide bonds. The van der Waals surface area contributed by atoms with E-state index in [1.54, 1.807) is 0 Å². The van der Waals surface area contributed by atoms with Crippen LogP contribution in [-0.4, -0.2) is 25.1 Å². The van der Waals surface area contributed by atoms with Gasteiger partial charge in [0.05, 0.1) is 6.10 Å². The van der Waals surface area contributed by atoms with Crippen molar-refractivity contribution in [1.29, 1.82) is 0 Å². The predicted molar refractivity (Wildman–Crippen MR) is 72.3 cm³/mol. The molecule has 0 aromatic heterocycles. The van der Waals surface area contributed by atoms with Crippen molar-refractivity contribution in [2.24, 2.45) is 0 Å². The van der Waals surface area contributed by atoms with Crippen LogP contribution in [-0.2, 0) is 4.74 Å². The molecule has 0 spiro atoms. The predicted octanol–water partition coefficient (Wildman–Crippen LogP) is 3.47. The van der Waals surface area contributed by atoms with E-state index >= 15 is 0 Å². The second kappa shape index (κ2) is 7.88. The molecule has 0 fully saturated rings. The fourth-order valence-electron chi connectivity index (χ4n) is 1.64. The van der Waals surface area contributed by atoms with Crippen LogP contribution >= 0.6 is 0 Å². The molecule has 0 aliphatic rings. The summed E-state index contributed by atoms with van der Waals surface area (Å²) in [4.78, 5) is 11.9. The van der Waals surface area contributed by atoms with E-state index in [4.69, 9.17) is 9.47 Å². The number of hydrogen-bond acceptors (Lipinski definition) is 3. The third-order valence-electron chi connectivity index (χ3n) is 2.42. The van der Waals surface area contributed by atoms with E-state index in [1.807, 2.05) is 45.0 Å². The summed E-state index contributed by atoms with van der Waals surface area (Å²) in [7, 11) is 0. The first kappa shape index (κ1) is 14.7. The van der Waals surface area contributed by atoms with Crippen molar-refractivity contribution >= 4 is 5.78 Å². The van der Waals surface area contributed by atoms with Crippen LogP contribution in [0.5, 0.6) is 5.75 Å². The van der Waals surface area contributed by atoms with E-state index in [2.05, 4.69) is 0 Å². The van der Waals surface area contributed by atoms with Crippen LogP contribution in [0, 0.1) is 0 Å². The Morgan fingerprint density at radius 2 is 2.11 bits per heavy atom. The van der Waals surface area contributed by atoms with E-state index in [1.165, 1.54) is 0 Å². The molecule has 1 aromatic rings. The number of rotatable bonds is 8. The van der Waals surface area contributed by atoms with Crippen LogP contribution in [0.2, 0.25) is 0 Å². The number of Topliss-reactive ketones (excluding diaryl/α,β-unsaturated/α-hetero) is 1. The zero-order chi connectivity index (χ0) is 13.4. The molecule has 0 unspecified atom stereocenters. The van der Waals surface area contributed by atoms with E-state index in [0.29, 0.717) is 25.2 Å². The van der Waals surface area contributed by atoms with Gasteiger partial charge in [-0.25, -0.2) is 0 Å². The zero-order valence-electron chi connectivity index (χ0n) is 11.4. The Morgan fingerprint density at radius 1 is 1.33 bits per heavy atom. The monoisotopic (exact) mass is 250 g/mol. The lowest BCUT2D eigenvalue weighted by Crippen LogP contribution is -2.07. The summed E-state index contributed by atoms with van der Waals surface area (Å²) in [6.45, 7) is 7.23. The summed E-state index contributed by atoms with van der Waals surface area (Å²) in [5.41, 5.74) is 0.713. The maximum Gasteiger partial charge on any atom is 0.163 e. The van der Waals surface area contributed by atoms with Gasteiger partial charge in [-0.3, -0.25) is 4.79 Å². The third kappa shape index (κ3) is 5.32. The molecule has 3 heteroatoms. The van der Waals surface area contributed by atoms with Gasteiger partial charge in [-0.05, 0) is 39.3 Å². The van der Waals surface area contributed by atoms with Gasteiger partial charge in [-0.1, -0.05) is 12.1 Å². The summed E-state index contributed by atoms with van der Waals surface area (Å²) >= 11 is 0. The lowest BCUT2D eigenvalue weighted by molar-refractivity contribution is 0.0946. The molecule has 0 bridgehead atoms. The van der Waals surface area contributed by atoms with E-state index < -0.39 is 0 Å². The Bertz CT molecular complexity index is 372. The average molecular weight is 250 g/mol. The molecule has 0 saturated carbocycles. The molecule has 0 aliphatic carbocycles. The van der Waals surface area contributed by atoms with Crippen LogP contribution in [0.25, 0.3) is 0 Å². The van der Waals surface area contributed by atoms with E-state index in [0.717, 1.165) is 12.2 Å². The minimum atomic E-state index is 0.119. The maximum atomic E-state index is 11.9. The molecule has 0 saturated heterocycles. The number of carbonyl (C=O) groups is 1. The molecule has 3 nitrogen and oxygen atoms in total. The highest BCUT2D eigenvalue weighted by atomic mass is 16.5. The van der Waals surface area contributed by atoms with Crippen molar-refractivity contribution in [2.45, 2.75) is 39.7 Å². The quantitative estimate of drug-likeness (QED) is 0.523. The molecule has 0 aliphatic heterocycles. The van der Waals surface area contributed by atoms with Gasteiger partial charge >= 0.3 is 0 Å². The van der Waals surface area contributed by atoms with E-state index in [-0.39, 0.29) is 11.9 Å². The van der Waals surface area contributed by atoms with Crippen LogP contribution in [0.1, 0.15) is 44.0 Å². The first-order valence-corrected chi connectivity index (χ1v) is 6.51. The van der Waals surface area contributed by atoms with Crippen LogP contribution in [0.3, 0.4) is 0 Å². The number of hydrogen-bond donors (Lipinski definition) is 0. The molecule has 1 aromatic carbocycles. The number of carbonyl (C=O) groups excluding carboxylic acids is 1. The lowest BCUT2D eigenvalue weighted by Gasteiger charge is -2.10. The molecule has 1 rings (SSSR count). The normalized spacial score (nSPS) is 10.7. The van der Waals surface area contributed by atoms with Gasteiger partial charge in [-0.2, -0.15) is 0 Å². The highest BCUT2D eigenvalue weighted by molar-refractivity contribution is 5.96. The highest BCUT2D eigenvalue weighted by Gasteiger charge is 2.07. The standard InChI is InChI=1S/C15H22O3/c1-4-17-10-6-9-15(16)13-7-5-8-14(11-13)18-12(2)3/h5,7-8,11-12H,4,6,9-10H2,1-3H3. The lowest BCUT2D eigenvalue weighted by atomic mass is 10.1. The summed E-state index contributed by atoms with van der Waals surface area (Å²) in [6, 6.07) is 7.36. The van der Waals surface area contributed by atoms with E-state index in [9.17, 15) is 4.79 Å². The fraction of sp³-hybridized carbons (Fsp3) is 0.533. The van der Waals surface area contributed by atoms with Crippen LogP contribution in [0.4, 0.5) is 0 Å². The molecular formula is C15H22O3. The third-order valence-corrected chi connectivity index (χ3v) is 2.42. The van der Waals surface area contributed by atoms with Crippen LogP contribution < -0.4 is 4.74 Å². The van der Waals surface area contributed by atoms with Gasteiger partial charge in [0.1, 0.15) is 5.75 Å². The first-order chi connectivity index (χ1) is 8.63. The van der Waals surface area contributed by atoms with Crippen molar-refractivity contribution < 1.29 is 14.3 Å². The smallest absolute Gasteiger partial charge is 0.163 e. The zero-order valence-corrected chi connectivity index (χ0v) is 11.4. The van der Waals surface area contributed by atoms with Crippen molar-refractivity contribution in [3.05, 3.63) is 29.8 Å². The molecule has 100 valence electrons. The number of ketones is 1. The Kier molecular flexibility index (Phi) is 6.44. The molecule has 18 heavy (non-hydrogen) atoms. The Labute approximate surface area is 109 Å². The Morgan fingerprint density at radius 3 is 2.78 bits per heavy atom. The van der Waals surface area contributed by atoms with Crippen molar-refractivity contribution in [2.75, 3.05) is 13.2 Å². The van der Waals surface area contributed by atoms with Gasteiger partial charge in [0.2, 0.25) is 0 Å². The molecule has 0 N–H and O–H groups in total. The highest BCUT2D eigenvalue weighted by Crippen LogP contribution is 2.16. The Hall–Kier alpha value is -1.35.